The second-order valence-corrected chi connectivity index (χ2v) is 6.67. The Balaban J connectivity index is 1.46. The summed E-state index contributed by atoms with van der Waals surface area (Å²) in [6, 6.07) is 11.8. The van der Waals surface area contributed by atoms with Crippen LogP contribution in [0.1, 0.15) is 11.4 Å². The van der Waals surface area contributed by atoms with E-state index in [0.717, 1.165) is 22.5 Å². The number of para-hydroxylation sites is 1. The van der Waals surface area contributed by atoms with Crippen molar-refractivity contribution in [3.8, 4) is 0 Å². The van der Waals surface area contributed by atoms with Gasteiger partial charge in [0.05, 0.1) is 10.9 Å². The maximum absolute atomic E-state index is 13.5. The summed E-state index contributed by atoms with van der Waals surface area (Å²) >= 11 is 0. The van der Waals surface area contributed by atoms with E-state index in [-0.39, 0.29) is 17.8 Å². The van der Waals surface area contributed by atoms with Crippen molar-refractivity contribution in [2.45, 2.75) is 19.9 Å². The van der Waals surface area contributed by atoms with Gasteiger partial charge in [-0.15, -0.1) is 0 Å². The van der Waals surface area contributed by atoms with Gasteiger partial charge < -0.3 is 10.3 Å². The number of aromatic amines is 1. The average molecular weight is 378 g/mol. The fraction of sp³-hybridized carbons (Fsp3) is 0.190. The highest BCUT2D eigenvalue weighted by molar-refractivity contribution is 5.83. The minimum absolute atomic E-state index is 0.155. The number of fused-ring (bicyclic) bond motifs is 2. The topological polar surface area (TPSA) is 79.8 Å². The number of carbonyl (C=O) groups is 1. The molecule has 4 rings (SSSR count). The Hall–Kier alpha value is -3.48. The lowest BCUT2D eigenvalue weighted by atomic mass is 10.1. The molecule has 1 amide bonds. The van der Waals surface area contributed by atoms with Crippen molar-refractivity contribution in [1.82, 2.24) is 19.9 Å². The minimum atomic E-state index is -0.509. The largest absolute Gasteiger partial charge is 0.361 e. The first-order valence-corrected chi connectivity index (χ1v) is 9.01. The molecule has 6 nitrogen and oxygen atoms in total. The highest BCUT2D eigenvalue weighted by Crippen LogP contribution is 2.17. The SMILES string of the molecule is Cc1nc2ccc(F)cc2c(=O)n1CC(=O)NCCc1c[nH]c2ccccc12. The lowest BCUT2D eigenvalue weighted by molar-refractivity contribution is -0.121. The molecule has 0 saturated carbocycles. The van der Waals surface area contributed by atoms with Gasteiger partial charge in [0, 0.05) is 23.6 Å². The fourth-order valence-electron chi connectivity index (χ4n) is 3.36. The molecule has 0 spiro atoms. The number of hydrogen-bond acceptors (Lipinski definition) is 3. The van der Waals surface area contributed by atoms with Gasteiger partial charge in [-0.2, -0.15) is 0 Å². The van der Waals surface area contributed by atoms with Crippen LogP contribution in [0.15, 0.2) is 53.5 Å². The van der Waals surface area contributed by atoms with Crippen molar-refractivity contribution in [3.05, 3.63) is 76.2 Å². The third-order valence-corrected chi connectivity index (χ3v) is 4.80. The van der Waals surface area contributed by atoms with E-state index >= 15 is 0 Å². The Labute approximate surface area is 160 Å². The lowest BCUT2D eigenvalue weighted by Gasteiger charge is -2.11. The van der Waals surface area contributed by atoms with Crippen LogP contribution in [0.4, 0.5) is 4.39 Å². The van der Waals surface area contributed by atoms with Gasteiger partial charge in [0.15, 0.2) is 0 Å². The lowest BCUT2D eigenvalue weighted by Crippen LogP contribution is -2.34. The van der Waals surface area contributed by atoms with Gasteiger partial charge in [-0.25, -0.2) is 9.37 Å². The van der Waals surface area contributed by atoms with Gasteiger partial charge in [-0.05, 0) is 43.2 Å². The van der Waals surface area contributed by atoms with Crippen LogP contribution >= 0.6 is 0 Å². The maximum Gasteiger partial charge on any atom is 0.261 e. The number of aryl methyl sites for hydroxylation is 1. The molecular weight excluding hydrogens is 359 g/mol. The smallest absolute Gasteiger partial charge is 0.261 e. The highest BCUT2D eigenvalue weighted by Gasteiger charge is 2.12. The van der Waals surface area contributed by atoms with E-state index in [4.69, 9.17) is 0 Å². The number of benzene rings is 2. The predicted octanol–water partition coefficient (Wildman–Crippen LogP) is 2.68. The van der Waals surface area contributed by atoms with E-state index in [1.54, 1.807) is 6.92 Å². The molecule has 2 N–H and O–H groups in total. The van der Waals surface area contributed by atoms with Gasteiger partial charge in [0.1, 0.15) is 18.2 Å². The van der Waals surface area contributed by atoms with Gasteiger partial charge in [0.2, 0.25) is 5.91 Å². The number of nitrogens with zero attached hydrogens (tertiary/aromatic N) is 2. The summed E-state index contributed by atoms with van der Waals surface area (Å²) in [7, 11) is 0. The fourth-order valence-corrected chi connectivity index (χ4v) is 3.36. The quantitative estimate of drug-likeness (QED) is 0.560. The zero-order chi connectivity index (χ0) is 19.7. The van der Waals surface area contributed by atoms with Crippen molar-refractivity contribution in [2.24, 2.45) is 0 Å². The average Bonchev–Trinajstić information content (AvgIpc) is 3.09. The zero-order valence-electron chi connectivity index (χ0n) is 15.3. The molecule has 0 aliphatic heterocycles. The Morgan fingerprint density at radius 2 is 2.04 bits per heavy atom. The number of halogens is 1. The number of aromatic nitrogens is 3. The molecule has 4 aromatic rings. The number of amides is 1. The number of nitrogens with one attached hydrogen (secondary N) is 2. The van der Waals surface area contributed by atoms with Crippen molar-refractivity contribution in [3.63, 3.8) is 0 Å². The summed E-state index contributed by atoms with van der Waals surface area (Å²) < 4.78 is 14.7. The second kappa shape index (κ2) is 7.26. The Kier molecular flexibility index (Phi) is 4.65. The van der Waals surface area contributed by atoms with E-state index < -0.39 is 11.4 Å². The molecule has 7 heteroatoms. The Morgan fingerprint density at radius 3 is 2.89 bits per heavy atom. The third-order valence-electron chi connectivity index (χ3n) is 4.80. The van der Waals surface area contributed by atoms with Crippen LogP contribution in [-0.4, -0.2) is 27.0 Å². The predicted molar refractivity (Wildman–Crippen MR) is 106 cm³/mol. The van der Waals surface area contributed by atoms with Gasteiger partial charge in [0.25, 0.3) is 5.56 Å². The van der Waals surface area contributed by atoms with Gasteiger partial charge >= 0.3 is 0 Å². The summed E-state index contributed by atoms with van der Waals surface area (Å²) in [5.41, 5.74) is 2.17. The van der Waals surface area contributed by atoms with Gasteiger partial charge in [-0.1, -0.05) is 18.2 Å². The third kappa shape index (κ3) is 3.38. The molecule has 2 aromatic carbocycles. The molecular formula is C21H19FN4O2. The monoisotopic (exact) mass is 378 g/mol. The van der Waals surface area contributed by atoms with Crippen LogP contribution in [0, 0.1) is 12.7 Å². The number of carbonyl (C=O) groups excluding carboxylic acids is 1. The molecule has 2 aromatic heterocycles. The van der Waals surface area contributed by atoms with E-state index in [9.17, 15) is 14.0 Å². The molecule has 0 saturated heterocycles. The summed E-state index contributed by atoms with van der Waals surface area (Å²) in [6.45, 7) is 1.95. The summed E-state index contributed by atoms with van der Waals surface area (Å²) in [5, 5.41) is 4.13. The van der Waals surface area contributed by atoms with Crippen LogP contribution in [0.3, 0.4) is 0 Å². The molecule has 28 heavy (non-hydrogen) atoms. The first-order valence-electron chi connectivity index (χ1n) is 9.01. The van der Waals surface area contributed by atoms with Crippen LogP contribution in [0.2, 0.25) is 0 Å². The van der Waals surface area contributed by atoms with Crippen molar-refractivity contribution < 1.29 is 9.18 Å². The Bertz CT molecular complexity index is 1240. The van der Waals surface area contributed by atoms with Crippen molar-refractivity contribution in [1.29, 1.82) is 0 Å². The van der Waals surface area contributed by atoms with Gasteiger partial charge in [-0.3, -0.25) is 14.2 Å². The highest BCUT2D eigenvalue weighted by atomic mass is 19.1. The number of hydrogen-bond donors (Lipinski definition) is 2. The normalized spacial score (nSPS) is 11.2. The maximum atomic E-state index is 13.5. The first-order chi connectivity index (χ1) is 13.5. The summed E-state index contributed by atoms with van der Waals surface area (Å²) in [4.78, 5) is 32.5. The van der Waals surface area contributed by atoms with Crippen LogP contribution in [-0.2, 0) is 17.8 Å². The van der Waals surface area contributed by atoms with E-state index in [2.05, 4.69) is 15.3 Å². The molecule has 0 atom stereocenters. The van der Waals surface area contributed by atoms with Crippen molar-refractivity contribution in [2.75, 3.05) is 6.54 Å². The number of H-pyrrole nitrogens is 1. The molecule has 2 heterocycles. The van der Waals surface area contributed by atoms with Crippen LogP contribution < -0.4 is 10.9 Å². The Morgan fingerprint density at radius 1 is 1.21 bits per heavy atom. The first kappa shape index (κ1) is 17.9. The number of rotatable bonds is 5. The molecule has 0 aliphatic carbocycles. The molecule has 0 bridgehead atoms. The van der Waals surface area contributed by atoms with Crippen LogP contribution in [0.25, 0.3) is 21.8 Å². The molecule has 0 fully saturated rings. The summed E-state index contributed by atoms with van der Waals surface area (Å²) in [5.74, 6) is -0.386. The van der Waals surface area contributed by atoms with E-state index in [0.29, 0.717) is 24.3 Å². The van der Waals surface area contributed by atoms with E-state index in [1.165, 1.54) is 16.7 Å². The van der Waals surface area contributed by atoms with E-state index in [1.807, 2.05) is 30.5 Å². The standard InChI is InChI=1S/C21H19FN4O2/c1-13-25-19-7-6-15(22)10-17(19)21(28)26(13)12-20(27)23-9-8-14-11-24-18-5-3-2-4-16(14)18/h2-7,10-11,24H,8-9,12H2,1H3,(H,23,27). The second-order valence-electron chi connectivity index (χ2n) is 6.67. The molecule has 0 radical (unpaired) electrons. The minimum Gasteiger partial charge on any atom is -0.361 e. The zero-order valence-corrected chi connectivity index (χ0v) is 15.3. The summed E-state index contributed by atoms with van der Waals surface area (Å²) in [6.07, 6.45) is 2.61. The van der Waals surface area contributed by atoms with Crippen molar-refractivity contribution >= 4 is 27.7 Å². The molecule has 0 unspecified atom stereocenters. The van der Waals surface area contributed by atoms with Crippen LogP contribution in [0.5, 0.6) is 0 Å². The molecule has 0 aliphatic rings. The molecule has 142 valence electrons.